The molecule has 2 aromatic rings. The fraction of sp³-hybridized carbons (Fsp3) is 0.480. The Morgan fingerprint density at radius 3 is 2.13 bits per heavy atom. The maximum absolute atomic E-state index is 13.0. The van der Waals surface area contributed by atoms with Gasteiger partial charge in [0.15, 0.2) is 0 Å². The number of carbonyl (C=O) groups is 1. The first-order valence-corrected chi connectivity index (χ1v) is 10.9. The molecule has 0 bridgehead atoms. The van der Waals surface area contributed by atoms with Gasteiger partial charge < -0.3 is 14.4 Å². The van der Waals surface area contributed by atoms with Crippen LogP contribution < -0.4 is 4.74 Å². The summed E-state index contributed by atoms with van der Waals surface area (Å²) < 4.78 is 24.3. The molecule has 0 radical (unpaired) electrons. The van der Waals surface area contributed by atoms with E-state index in [9.17, 15) is 9.18 Å². The third-order valence-electron chi connectivity index (χ3n) is 5.13. The van der Waals surface area contributed by atoms with Crippen LogP contribution in [-0.2, 0) is 17.7 Å². The monoisotopic (exact) mass is 428 g/mol. The van der Waals surface area contributed by atoms with Gasteiger partial charge in [-0.2, -0.15) is 0 Å². The summed E-state index contributed by atoms with van der Waals surface area (Å²) in [6, 6.07) is 14.7. The van der Waals surface area contributed by atoms with E-state index in [1.807, 2.05) is 27.7 Å². The first-order chi connectivity index (χ1) is 14.7. The van der Waals surface area contributed by atoms with E-state index in [-0.39, 0.29) is 18.0 Å². The summed E-state index contributed by atoms with van der Waals surface area (Å²) in [6.07, 6.45) is 0.553. The molecular weight excluding hydrogens is 395 g/mol. The second kappa shape index (κ2) is 10.1. The number of carbonyl (C=O) groups excluding carboxylic acids is 1. The van der Waals surface area contributed by atoms with Gasteiger partial charge in [0.2, 0.25) is 0 Å². The van der Waals surface area contributed by atoms with Crippen LogP contribution in [-0.4, -0.2) is 53.8 Å². The molecule has 2 aromatic carbocycles. The molecule has 1 saturated heterocycles. The van der Waals surface area contributed by atoms with Gasteiger partial charge in [-0.25, -0.2) is 9.18 Å². The van der Waals surface area contributed by atoms with Gasteiger partial charge in [0.05, 0.1) is 6.10 Å². The highest BCUT2D eigenvalue weighted by atomic mass is 19.1. The maximum atomic E-state index is 13.0. The summed E-state index contributed by atoms with van der Waals surface area (Å²) in [5.41, 5.74) is 1.99. The van der Waals surface area contributed by atoms with Gasteiger partial charge in [-0.05, 0) is 63.1 Å². The second-order valence-corrected chi connectivity index (χ2v) is 9.15. The molecule has 31 heavy (non-hydrogen) atoms. The normalized spacial score (nSPS) is 16.1. The molecule has 168 valence electrons. The van der Waals surface area contributed by atoms with Crippen molar-refractivity contribution in [2.24, 2.45) is 0 Å². The topological polar surface area (TPSA) is 42.0 Å². The molecule has 5 nitrogen and oxygen atoms in total. The lowest BCUT2D eigenvalue weighted by molar-refractivity contribution is 0.0139. The summed E-state index contributed by atoms with van der Waals surface area (Å²) in [5.74, 6) is 0.415. The van der Waals surface area contributed by atoms with Crippen LogP contribution in [0.1, 0.15) is 38.8 Å². The number of ether oxygens (including phenoxy) is 2. The Bertz CT molecular complexity index is 839. The Hall–Kier alpha value is -2.60. The van der Waals surface area contributed by atoms with E-state index in [1.54, 1.807) is 17.0 Å². The number of hydrogen-bond donors (Lipinski definition) is 0. The van der Waals surface area contributed by atoms with Crippen molar-refractivity contribution in [3.05, 3.63) is 65.5 Å². The van der Waals surface area contributed by atoms with Gasteiger partial charge in [0.25, 0.3) is 0 Å². The Kier molecular flexibility index (Phi) is 7.55. The van der Waals surface area contributed by atoms with Crippen LogP contribution >= 0.6 is 0 Å². The molecule has 0 N–H and O–H groups in total. The zero-order valence-electron chi connectivity index (χ0n) is 18.9. The van der Waals surface area contributed by atoms with Crippen LogP contribution in [0.5, 0.6) is 5.75 Å². The van der Waals surface area contributed by atoms with Crippen LogP contribution in [0, 0.1) is 5.82 Å². The highest BCUT2D eigenvalue weighted by Gasteiger charge is 2.25. The molecule has 1 unspecified atom stereocenters. The van der Waals surface area contributed by atoms with Crippen LogP contribution in [0.2, 0.25) is 0 Å². The molecule has 6 heteroatoms. The SMILES string of the molecule is CC(Cc1ccc(CN2CCN(C(=O)OC(C)(C)C)CC2)cc1)Oc1ccc(F)cc1. The average molecular weight is 429 g/mol. The Morgan fingerprint density at radius 2 is 1.55 bits per heavy atom. The quantitative estimate of drug-likeness (QED) is 0.657. The van der Waals surface area contributed by atoms with Crippen LogP contribution in [0.3, 0.4) is 0 Å². The Labute approximate surface area is 184 Å². The van der Waals surface area contributed by atoms with Crippen molar-refractivity contribution in [3.63, 3.8) is 0 Å². The minimum Gasteiger partial charge on any atom is -0.490 e. The number of piperazine rings is 1. The molecule has 1 aliphatic rings. The molecule has 0 aromatic heterocycles. The first kappa shape index (κ1) is 23.1. The van der Waals surface area contributed by atoms with Crippen molar-refractivity contribution in [2.45, 2.75) is 52.4 Å². The molecule has 0 saturated carbocycles. The number of rotatable bonds is 6. The van der Waals surface area contributed by atoms with E-state index < -0.39 is 5.60 Å². The van der Waals surface area contributed by atoms with Gasteiger partial charge >= 0.3 is 6.09 Å². The smallest absolute Gasteiger partial charge is 0.410 e. The lowest BCUT2D eigenvalue weighted by Gasteiger charge is -2.35. The number of halogens is 1. The molecular formula is C25H33FN2O3. The van der Waals surface area contributed by atoms with E-state index in [1.165, 1.54) is 23.3 Å². The Morgan fingerprint density at radius 1 is 0.968 bits per heavy atom. The minimum absolute atomic E-state index is 0.00255. The number of amides is 1. The fourth-order valence-corrected chi connectivity index (χ4v) is 3.57. The first-order valence-electron chi connectivity index (χ1n) is 10.9. The van der Waals surface area contributed by atoms with Gasteiger partial charge in [0.1, 0.15) is 17.2 Å². The van der Waals surface area contributed by atoms with Crippen LogP contribution in [0.25, 0.3) is 0 Å². The summed E-state index contributed by atoms with van der Waals surface area (Å²) in [4.78, 5) is 16.3. The van der Waals surface area contributed by atoms with Crippen molar-refractivity contribution >= 4 is 6.09 Å². The molecule has 0 spiro atoms. The predicted molar refractivity (Wildman–Crippen MR) is 120 cm³/mol. The highest BCUT2D eigenvalue weighted by Crippen LogP contribution is 2.17. The molecule has 1 fully saturated rings. The summed E-state index contributed by atoms with van der Waals surface area (Å²) in [5, 5.41) is 0. The van der Waals surface area contributed by atoms with E-state index in [0.717, 1.165) is 26.1 Å². The van der Waals surface area contributed by atoms with Crippen LogP contribution in [0.4, 0.5) is 9.18 Å². The van der Waals surface area contributed by atoms with Crippen LogP contribution in [0.15, 0.2) is 48.5 Å². The number of nitrogens with zero attached hydrogens (tertiary/aromatic N) is 2. The minimum atomic E-state index is -0.461. The molecule has 1 atom stereocenters. The van der Waals surface area contributed by atoms with Crippen molar-refractivity contribution in [1.82, 2.24) is 9.80 Å². The fourth-order valence-electron chi connectivity index (χ4n) is 3.57. The third-order valence-corrected chi connectivity index (χ3v) is 5.13. The highest BCUT2D eigenvalue weighted by molar-refractivity contribution is 5.68. The largest absolute Gasteiger partial charge is 0.490 e. The molecule has 1 aliphatic heterocycles. The van der Waals surface area contributed by atoms with Crippen molar-refractivity contribution < 1.29 is 18.7 Å². The second-order valence-electron chi connectivity index (χ2n) is 9.15. The standard InChI is InChI=1S/C25H33FN2O3/c1-19(30-23-11-9-22(26)10-12-23)17-20-5-7-21(8-6-20)18-27-13-15-28(16-14-27)24(29)31-25(2,3)4/h5-12,19H,13-18H2,1-4H3. The lowest BCUT2D eigenvalue weighted by atomic mass is 10.1. The predicted octanol–water partition coefficient (Wildman–Crippen LogP) is 4.89. The lowest BCUT2D eigenvalue weighted by Crippen LogP contribution is -2.49. The van der Waals surface area contributed by atoms with Gasteiger partial charge in [-0.1, -0.05) is 24.3 Å². The van der Waals surface area contributed by atoms with Crippen molar-refractivity contribution in [1.29, 1.82) is 0 Å². The number of benzene rings is 2. The third kappa shape index (κ3) is 7.55. The average Bonchev–Trinajstić information content (AvgIpc) is 2.70. The van der Waals surface area contributed by atoms with Crippen molar-refractivity contribution in [2.75, 3.05) is 26.2 Å². The van der Waals surface area contributed by atoms with Gasteiger partial charge in [0, 0.05) is 39.1 Å². The molecule has 0 aliphatic carbocycles. The maximum Gasteiger partial charge on any atom is 0.410 e. The number of hydrogen-bond acceptors (Lipinski definition) is 4. The van der Waals surface area contributed by atoms with Gasteiger partial charge in [-0.3, -0.25) is 4.90 Å². The zero-order valence-corrected chi connectivity index (χ0v) is 18.9. The van der Waals surface area contributed by atoms with E-state index >= 15 is 0 Å². The summed E-state index contributed by atoms with van der Waals surface area (Å²) in [6.45, 7) is 11.6. The Balaban J connectivity index is 1.43. The molecule has 3 rings (SSSR count). The van der Waals surface area contributed by atoms with Gasteiger partial charge in [-0.15, -0.1) is 0 Å². The summed E-state index contributed by atoms with van der Waals surface area (Å²) >= 11 is 0. The van der Waals surface area contributed by atoms with E-state index in [2.05, 4.69) is 29.2 Å². The molecule has 1 amide bonds. The van der Waals surface area contributed by atoms with E-state index in [4.69, 9.17) is 9.47 Å². The summed E-state index contributed by atoms with van der Waals surface area (Å²) in [7, 11) is 0. The van der Waals surface area contributed by atoms with E-state index in [0.29, 0.717) is 18.8 Å². The zero-order chi connectivity index (χ0) is 22.4. The van der Waals surface area contributed by atoms with Crippen molar-refractivity contribution in [3.8, 4) is 5.75 Å². The molecule has 1 heterocycles.